The molecule has 0 aromatic heterocycles. The molecule has 13 heavy (non-hydrogen) atoms. The summed E-state index contributed by atoms with van der Waals surface area (Å²) in [4.78, 5) is 2.67. The number of nitrogens with zero attached hydrogens (tertiary/aromatic N) is 1. The molecule has 2 unspecified atom stereocenters. The van der Waals surface area contributed by atoms with Crippen molar-refractivity contribution in [2.24, 2.45) is 11.8 Å². The van der Waals surface area contributed by atoms with Gasteiger partial charge < -0.3 is 4.90 Å². The Morgan fingerprint density at radius 3 is 1.77 bits per heavy atom. The van der Waals surface area contributed by atoms with Crippen molar-refractivity contribution in [3.63, 3.8) is 0 Å². The molecule has 0 amide bonds. The monoisotopic (exact) mass is 221 g/mol. The minimum Gasteiger partial charge on any atom is -0.306 e. The highest BCUT2D eigenvalue weighted by atomic mass is 35.5. The molecule has 0 N–H and O–H groups in total. The fourth-order valence-electron chi connectivity index (χ4n) is 2.05. The molecule has 0 radical (unpaired) electrons. The van der Waals surface area contributed by atoms with Gasteiger partial charge >= 0.3 is 0 Å². The molecule has 1 heterocycles. The lowest BCUT2D eigenvalue weighted by Crippen LogP contribution is -2.39. The molecule has 80 valence electrons. The third-order valence-electron chi connectivity index (χ3n) is 2.76. The predicted molar refractivity (Wildman–Crippen MR) is 65.4 cm³/mol. The molecule has 0 saturated carbocycles. The molecule has 0 aliphatic carbocycles. The van der Waals surface area contributed by atoms with Gasteiger partial charge in [0, 0.05) is 13.1 Å². The zero-order valence-corrected chi connectivity index (χ0v) is 11.4. The molecule has 1 aliphatic rings. The summed E-state index contributed by atoms with van der Waals surface area (Å²) in [6, 6.07) is 0. The van der Waals surface area contributed by atoms with E-state index in [1.807, 2.05) is 0 Å². The molecule has 1 nitrogen and oxygen atoms in total. The second kappa shape index (κ2) is 4.81. The van der Waals surface area contributed by atoms with Crippen LogP contribution in [0.15, 0.2) is 0 Å². The van der Waals surface area contributed by atoms with E-state index in [0.717, 1.165) is 11.8 Å². The van der Waals surface area contributed by atoms with Crippen molar-refractivity contribution in [2.75, 3.05) is 19.3 Å². The number of halogens is 1. The lowest BCUT2D eigenvalue weighted by Gasteiger charge is -2.24. The van der Waals surface area contributed by atoms with E-state index < -0.39 is 8.07 Å². The normalized spacial score (nSPS) is 30.2. The first-order valence-electron chi connectivity index (χ1n) is 5.11. The summed E-state index contributed by atoms with van der Waals surface area (Å²) in [7, 11) is -0.856. The first-order chi connectivity index (χ1) is 5.38. The van der Waals surface area contributed by atoms with Gasteiger partial charge in [-0.2, -0.15) is 0 Å². The third-order valence-corrected chi connectivity index (χ3v) is 4.16. The van der Waals surface area contributed by atoms with Gasteiger partial charge in [-0.3, -0.25) is 0 Å². The van der Waals surface area contributed by atoms with Crippen molar-refractivity contribution in [1.29, 1.82) is 0 Å². The highest BCUT2D eigenvalue weighted by Gasteiger charge is 2.28. The minimum atomic E-state index is -0.856. The van der Waals surface area contributed by atoms with Gasteiger partial charge in [0.2, 0.25) is 0 Å². The maximum absolute atomic E-state index is 2.67. The predicted octanol–water partition coefficient (Wildman–Crippen LogP) is 2.87. The summed E-state index contributed by atoms with van der Waals surface area (Å²) >= 11 is 0. The van der Waals surface area contributed by atoms with Gasteiger partial charge in [0.05, 0.1) is 8.07 Å². The van der Waals surface area contributed by atoms with Gasteiger partial charge in [-0.1, -0.05) is 33.5 Å². The maximum atomic E-state index is 2.67. The minimum absolute atomic E-state index is 0. The van der Waals surface area contributed by atoms with Gasteiger partial charge in [0.25, 0.3) is 0 Å². The molecule has 3 heteroatoms. The Balaban J connectivity index is 0.00000144. The van der Waals surface area contributed by atoms with Gasteiger partial charge in [-0.25, -0.2) is 0 Å². The summed E-state index contributed by atoms with van der Waals surface area (Å²) in [6.07, 6.45) is 1.39. The topological polar surface area (TPSA) is 3.24 Å². The summed E-state index contributed by atoms with van der Waals surface area (Å²) < 4.78 is 0. The highest BCUT2D eigenvalue weighted by Crippen LogP contribution is 2.23. The Hall–Kier alpha value is 0.467. The molecule has 1 aliphatic heterocycles. The molecule has 0 bridgehead atoms. The van der Waals surface area contributed by atoms with E-state index in [0.29, 0.717) is 0 Å². The smallest absolute Gasteiger partial charge is 0.0599 e. The van der Waals surface area contributed by atoms with Crippen LogP contribution in [0.4, 0.5) is 0 Å². The van der Waals surface area contributed by atoms with E-state index in [9.17, 15) is 0 Å². The molecule has 2 atom stereocenters. The van der Waals surface area contributed by atoms with Crippen LogP contribution in [-0.2, 0) is 0 Å². The second-order valence-electron chi connectivity index (χ2n) is 5.71. The Morgan fingerprint density at radius 2 is 1.46 bits per heavy atom. The van der Waals surface area contributed by atoms with Crippen LogP contribution in [-0.4, -0.2) is 32.2 Å². The Bertz CT molecular complexity index is 145. The van der Waals surface area contributed by atoms with Gasteiger partial charge in [-0.05, 0) is 18.0 Å². The van der Waals surface area contributed by atoms with Crippen LogP contribution in [0, 0.1) is 11.8 Å². The summed E-state index contributed by atoms with van der Waals surface area (Å²) in [6.45, 7) is 14.8. The molecule has 1 fully saturated rings. The van der Waals surface area contributed by atoms with E-state index in [4.69, 9.17) is 0 Å². The molecular formula is C10H24ClNSi. The second-order valence-corrected chi connectivity index (χ2v) is 11.1. The standard InChI is InChI=1S/C10H23NSi.ClH/c1-9-6-11(7-10(9)2)8-12(3,4)5;/h9-10H,6-8H2,1-5H3;1H. The quantitative estimate of drug-likeness (QED) is 0.649. The molecule has 0 aromatic carbocycles. The highest BCUT2D eigenvalue weighted by molar-refractivity contribution is 6.76. The van der Waals surface area contributed by atoms with Crippen molar-refractivity contribution < 1.29 is 0 Å². The number of rotatable bonds is 2. The van der Waals surface area contributed by atoms with E-state index >= 15 is 0 Å². The zero-order chi connectivity index (χ0) is 9.35. The van der Waals surface area contributed by atoms with E-state index in [2.05, 4.69) is 38.4 Å². The van der Waals surface area contributed by atoms with Crippen molar-refractivity contribution in [3.8, 4) is 0 Å². The van der Waals surface area contributed by atoms with E-state index in [1.54, 1.807) is 0 Å². The van der Waals surface area contributed by atoms with Crippen LogP contribution in [0.3, 0.4) is 0 Å². The SMILES string of the molecule is CC1CN(C[Si](C)(C)C)CC1C.Cl. The van der Waals surface area contributed by atoms with Crippen LogP contribution < -0.4 is 0 Å². The summed E-state index contributed by atoms with van der Waals surface area (Å²) in [5, 5.41) is 0. The summed E-state index contributed by atoms with van der Waals surface area (Å²) in [5.74, 6) is 1.84. The number of hydrogen-bond donors (Lipinski definition) is 0. The van der Waals surface area contributed by atoms with Gasteiger partial charge in [-0.15, -0.1) is 12.4 Å². The summed E-state index contributed by atoms with van der Waals surface area (Å²) in [5.41, 5.74) is 0. The third kappa shape index (κ3) is 4.48. The van der Waals surface area contributed by atoms with Crippen molar-refractivity contribution in [3.05, 3.63) is 0 Å². The van der Waals surface area contributed by atoms with Gasteiger partial charge in [0.1, 0.15) is 0 Å². The van der Waals surface area contributed by atoms with Crippen LogP contribution in [0.5, 0.6) is 0 Å². The average molecular weight is 222 g/mol. The number of hydrogen-bond acceptors (Lipinski definition) is 1. The first-order valence-corrected chi connectivity index (χ1v) is 8.81. The van der Waals surface area contributed by atoms with Crippen LogP contribution in [0.25, 0.3) is 0 Å². The van der Waals surface area contributed by atoms with Crippen molar-refractivity contribution in [1.82, 2.24) is 4.90 Å². The lowest BCUT2D eigenvalue weighted by molar-refractivity contribution is 0.371. The first kappa shape index (κ1) is 13.5. The molecule has 0 aromatic rings. The van der Waals surface area contributed by atoms with Crippen molar-refractivity contribution in [2.45, 2.75) is 33.5 Å². The maximum Gasteiger partial charge on any atom is 0.0599 e. The van der Waals surface area contributed by atoms with Crippen molar-refractivity contribution >= 4 is 20.5 Å². The molecule has 1 saturated heterocycles. The van der Waals surface area contributed by atoms with Crippen LogP contribution in [0.2, 0.25) is 19.6 Å². The van der Waals surface area contributed by atoms with Crippen LogP contribution in [0.1, 0.15) is 13.8 Å². The zero-order valence-electron chi connectivity index (χ0n) is 9.63. The Morgan fingerprint density at radius 1 is 1.08 bits per heavy atom. The molecule has 1 rings (SSSR count). The van der Waals surface area contributed by atoms with E-state index in [1.165, 1.54) is 19.3 Å². The van der Waals surface area contributed by atoms with Crippen LogP contribution >= 0.6 is 12.4 Å². The largest absolute Gasteiger partial charge is 0.306 e. The fourth-order valence-corrected chi connectivity index (χ4v) is 3.65. The average Bonchev–Trinajstić information content (AvgIpc) is 2.07. The molecule has 0 spiro atoms. The lowest BCUT2D eigenvalue weighted by atomic mass is 10.0. The van der Waals surface area contributed by atoms with Gasteiger partial charge in [0.15, 0.2) is 0 Å². The fraction of sp³-hybridized carbons (Fsp3) is 1.00. The Kier molecular flexibility index (Phi) is 4.98. The Labute approximate surface area is 90.3 Å². The number of likely N-dealkylation sites (tertiary alicyclic amines) is 1. The van der Waals surface area contributed by atoms with E-state index in [-0.39, 0.29) is 12.4 Å². The molecular weight excluding hydrogens is 198 g/mol.